The number of anilines is 1. The third-order valence-corrected chi connectivity index (χ3v) is 7.00. The number of aryl methyl sites for hydroxylation is 1. The fourth-order valence-electron chi connectivity index (χ4n) is 5.07. The quantitative estimate of drug-likeness (QED) is 0.759. The summed E-state index contributed by atoms with van der Waals surface area (Å²) in [6.07, 6.45) is -3.67. The molecule has 2 heterocycles. The van der Waals surface area contributed by atoms with Gasteiger partial charge in [0.05, 0.1) is 30.2 Å². The average Bonchev–Trinajstić information content (AvgIpc) is 3.19. The third-order valence-electron chi connectivity index (χ3n) is 7.00. The lowest BCUT2D eigenvalue weighted by Crippen LogP contribution is -2.53. The van der Waals surface area contributed by atoms with Crippen LogP contribution in [0.5, 0.6) is 0 Å². The highest BCUT2D eigenvalue weighted by atomic mass is 19.4. The maximum absolute atomic E-state index is 13.4. The second kappa shape index (κ2) is 8.71. The number of carbonyl (C=O) groups is 1. The van der Waals surface area contributed by atoms with Crippen LogP contribution in [0.2, 0.25) is 0 Å². The van der Waals surface area contributed by atoms with Crippen molar-refractivity contribution in [3.63, 3.8) is 0 Å². The second-order valence-corrected chi connectivity index (χ2v) is 9.20. The van der Waals surface area contributed by atoms with Gasteiger partial charge in [-0.05, 0) is 43.0 Å². The number of halogens is 3. The molecule has 2 aromatic rings. The van der Waals surface area contributed by atoms with E-state index in [1.807, 2.05) is 36.1 Å². The first-order valence-electron chi connectivity index (χ1n) is 11.0. The Morgan fingerprint density at radius 2 is 1.94 bits per heavy atom. The van der Waals surface area contributed by atoms with Crippen LogP contribution >= 0.6 is 0 Å². The van der Waals surface area contributed by atoms with E-state index < -0.39 is 22.7 Å². The van der Waals surface area contributed by atoms with Crippen LogP contribution in [0.15, 0.2) is 42.5 Å². The molecule has 174 valence electrons. The van der Waals surface area contributed by atoms with Crippen LogP contribution in [-0.4, -0.2) is 48.7 Å². The van der Waals surface area contributed by atoms with E-state index >= 15 is 0 Å². The van der Waals surface area contributed by atoms with Gasteiger partial charge in [0.2, 0.25) is 5.91 Å². The molecule has 1 amide bonds. The summed E-state index contributed by atoms with van der Waals surface area (Å²) in [5.74, 6) is 0.0530. The maximum atomic E-state index is 13.4. The van der Waals surface area contributed by atoms with Gasteiger partial charge < -0.3 is 14.9 Å². The predicted octanol–water partition coefficient (Wildman–Crippen LogP) is 3.78. The average molecular weight is 457 g/mol. The highest BCUT2D eigenvalue weighted by Gasteiger charge is 2.50. The number of alkyl halides is 3. The summed E-state index contributed by atoms with van der Waals surface area (Å²) < 4.78 is 40.3. The number of nitriles is 1. The summed E-state index contributed by atoms with van der Waals surface area (Å²) in [7, 11) is 0. The Kier molecular flexibility index (Phi) is 6.10. The van der Waals surface area contributed by atoms with Gasteiger partial charge in [-0.25, -0.2) is 0 Å². The number of aliphatic hydroxyl groups is 1. The second-order valence-electron chi connectivity index (χ2n) is 9.20. The first-order valence-corrected chi connectivity index (χ1v) is 11.0. The van der Waals surface area contributed by atoms with E-state index in [4.69, 9.17) is 5.26 Å². The monoisotopic (exact) mass is 457 g/mol. The van der Waals surface area contributed by atoms with Crippen LogP contribution in [0.4, 0.5) is 18.9 Å². The molecule has 0 radical (unpaired) electrons. The van der Waals surface area contributed by atoms with Crippen LogP contribution in [0.1, 0.15) is 28.7 Å². The Labute approximate surface area is 191 Å². The lowest BCUT2D eigenvalue weighted by atomic mass is 9.74. The Balaban J connectivity index is 1.52. The van der Waals surface area contributed by atoms with E-state index in [1.165, 1.54) is 12.1 Å². The van der Waals surface area contributed by atoms with Crippen LogP contribution < -0.4 is 4.90 Å². The summed E-state index contributed by atoms with van der Waals surface area (Å²) in [5.41, 5.74) is 0.469. The number of aliphatic hydroxyl groups excluding tert-OH is 1. The number of nitrogens with zero attached hydrogens (tertiary/aromatic N) is 3. The van der Waals surface area contributed by atoms with Gasteiger partial charge in [0.15, 0.2) is 0 Å². The molecule has 2 aliphatic rings. The first kappa shape index (κ1) is 23.1. The molecule has 0 bridgehead atoms. The van der Waals surface area contributed by atoms with Gasteiger partial charge in [-0.2, -0.15) is 18.4 Å². The Hall–Kier alpha value is -3.05. The molecule has 4 rings (SSSR count). The van der Waals surface area contributed by atoms with Gasteiger partial charge >= 0.3 is 6.18 Å². The minimum Gasteiger partial charge on any atom is -0.396 e. The smallest absolute Gasteiger partial charge is 0.396 e. The van der Waals surface area contributed by atoms with Gasteiger partial charge in [-0.15, -0.1) is 0 Å². The number of hydrogen-bond donors (Lipinski definition) is 1. The molecule has 2 atom stereocenters. The topological polar surface area (TPSA) is 67.6 Å². The molecule has 5 nitrogen and oxygen atoms in total. The zero-order valence-corrected chi connectivity index (χ0v) is 18.4. The lowest BCUT2D eigenvalue weighted by Gasteiger charge is -2.43. The number of hydrogen-bond acceptors (Lipinski definition) is 4. The fourth-order valence-corrected chi connectivity index (χ4v) is 5.07. The number of benzene rings is 2. The van der Waals surface area contributed by atoms with Crippen LogP contribution in [0, 0.1) is 29.6 Å². The zero-order valence-electron chi connectivity index (χ0n) is 18.4. The molecule has 33 heavy (non-hydrogen) atoms. The van der Waals surface area contributed by atoms with E-state index in [0.717, 1.165) is 17.2 Å². The summed E-state index contributed by atoms with van der Waals surface area (Å²) in [6, 6.07) is 13.1. The van der Waals surface area contributed by atoms with E-state index in [-0.39, 0.29) is 24.9 Å². The molecular weight excluding hydrogens is 431 g/mol. The zero-order chi connectivity index (χ0) is 23.8. The molecule has 2 aliphatic heterocycles. The number of carbonyl (C=O) groups excluding carboxylic acids is 1. The van der Waals surface area contributed by atoms with Crippen molar-refractivity contribution in [1.82, 2.24) is 4.90 Å². The van der Waals surface area contributed by atoms with Crippen molar-refractivity contribution in [3.05, 3.63) is 64.7 Å². The van der Waals surface area contributed by atoms with Gasteiger partial charge in [0, 0.05) is 37.3 Å². The van der Waals surface area contributed by atoms with E-state index in [9.17, 15) is 23.1 Å². The molecule has 0 aromatic heterocycles. The van der Waals surface area contributed by atoms with Crippen molar-refractivity contribution in [2.24, 2.45) is 11.3 Å². The summed E-state index contributed by atoms with van der Waals surface area (Å²) in [6.45, 7) is 3.63. The molecule has 1 N–H and O–H groups in total. The van der Waals surface area contributed by atoms with Crippen molar-refractivity contribution < 1.29 is 23.1 Å². The molecule has 0 spiro atoms. The SMILES string of the molecule is Cc1ccc(CC(=O)N2CC[C@H]3CN(c4ccc(C#N)c(C(F)(F)F)c4)C[C@@]3(CO)C2)cc1. The maximum Gasteiger partial charge on any atom is 0.417 e. The normalized spacial score (nSPS) is 22.7. The van der Waals surface area contributed by atoms with Crippen molar-refractivity contribution >= 4 is 11.6 Å². The molecule has 8 heteroatoms. The van der Waals surface area contributed by atoms with E-state index in [2.05, 4.69) is 0 Å². The van der Waals surface area contributed by atoms with Crippen molar-refractivity contribution in [2.45, 2.75) is 25.9 Å². The van der Waals surface area contributed by atoms with E-state index in [1.54, 1.807) is 11.0 Å². The number of fused-ring (bicyclic) bond motifs is 1. The molecule has 0 unspecified atom stereocenters. The molecule has 2 fully saturated rings. The predicted molar refractivity (Wildman–Crippen MR) is 117 cm³/mol. The Morgan fingerprint density at radius 3 is 2.58 bits per heavy atom. The van der Waals surface area contributed by atoms with Gasteiger partial charge in [0.25, 0.3) is 0 Å². The third kappa shape index (κ3) is 4.55. The number of amides is 1. The van der Waals surface area contributed by atoms with Gasteiger partial charge in [0.1, 0.15) is 0 Å². The molecule has 2 saturated heterocycles. The van der Waals surface area contributed by atoms with Crippen LogP contribution in [0.3, 0.4) is 0 Å². The van der Waals surface area contributed by atoms with Crippen LogP contribution in [0.25, 0.3) is 0 Å². The van der Waals surface area contributed by atoms with Crippen molar-refractivity contribution in [2.75, 3.05) is 37.7 Å². The largest absolute Gasteiger partial charge is 0.417 e. The molecule has 2 aromatic carbocycles. The van der Waals surface area contributed by atoms with Crippen molar-refractivity contribution in [1.29, 1.82) is 5.26 Å². The van der Waals surface area contributed by atoms with E-state index in [0.29, 0.717) is 38.3 Å². The minimum absolute atomic E-state index is 0.0127. The van der Waals surface area contributed by atoms with Crippen molar-refractivity contribution in [3.8, 4) is 6.07 Å². The molecule has 0 saturated carbocycles. The standard InChI is InChI=1S/C25H26F3N3O2/c1-17-2-4-18(5-3-17)10-23(33)30-9-8-20-13-31(15-24(20,14-30)16-32)21-7-6-19(12-29)22(11-21)25(26,27)28/h2-7,11,20,32H,8-10,13-16H2,1H3/t20-,24+/m0/s1. The number of piperidine rings is 1. The van der Waals surface area contributed by atoms with Crippen LogP contribution in [-0.2, 0) is 17.4 Å². The minimum atomic E-state index is -4.62. The lowest BCUT2D eigenvalue weighted by molar-refractivity contribution is -0.138. The Bertz CT molecular complexity index is 1080. The van der Waals surface area contributed by atoms with Gasteiger partial charge in [-0.3, -0.25) is 4.79 Å². The fraction of sp³-hybridized carbons (Fsp3) is 0.440. The highest BCUT2D eigenvalue weighted by molar-refractivity contribution is 5.79. The number of likely N-dealkylation sites (tertiary alicyclic amines) is 1. The summed E-state index contributed by atoms with van der Waals surface area (Å²) in [4.78, 5) is 16.6. The highest BCUT2D eigenvalue weighted by Crippen LogP contribution is 2.44. The first-order chi connectivity index (χ1) is 15.6. The summed E-state index contributed by atoms with van der Waals surface area (Å²) >= 11 is 0. The van der Waals surface area contributed by atoms with Gasteiger partial charge in [-0.1, -0.05) is 29.8 Å². The Morgan fingerprint density at radius 1 is 1.21 bits per heavy atom. The number of rotatable bonds is 4. The molecule has 0 aliphatic carbocycles. The molecular formula is C25H26F3N3O2. The summed E-state index contributed by atoms with van der Waals surface area (Å²) in [5, 5.41) is 19.4.